The Morgan fingerprint density at radius 3 is 2.19 bits per heavy atom. The third-order valence-corrected chi connectivity index (χ3v) is 2.85. The molecule has 96 valence electrons. The zero-order valence-corrected chi connectivity index (χ0v) is 11.3. The fraction of sp³-hybridized carbons (Fsp3) is 0.923. The van der Waals surface area contributed by atoms with Crippen molar-refractivity contribution in [1.29, 1.82) is 0 Å². The summed E-state index contributed by atoms with van der Waals surface area (Å²) in [5.41, 5.74) is -0.272. The molecule has 0 N–H and O–H groups in total. The van der Waals surface area contributed by atoms with Crippen molar-refractivity contribution in [1.82, 2.24) is 0 Å². The van der Waals surface area contributed by atoms with Crippen molar-refractivity contribution in [2.45, 2.75) is 64.6 Å². The van der Waals surface area contributed by atoms with Crippen molar-refractivity contribution < 1.29 is 14.3 Å². The first-order chi connectivity index (χ1) is 7.33. The Labute approximate surface area is 99.5 Å². The van der Waals surface area contributed by atoms with E-state index < -0.39 is 0 Å². The largest absolute Gasteiger partial charge is 0.379 e. The van der Waals surface area contributed by atoms with E-state index in [4.69, 9.17) is 9.47 Å². The van der Waals surface area contributed by atoms with Crippen LogP contribution in [0.1, 0.15) is 53.4 Å². The van der Waals surface area contributed by atoms with Crippen LogP contribution in [0.2, 0.25) is 0 Å². The van der Waals surface area contributed by atoms with Gasteiger partial charge in [-0.1, -0.05) is 0 Å². The van der Waals surface area contributed by atoms with E-state index in [2.05, 4.69) is 27.7 Å². The maximum atomic E-state index is 10.2. The van der Waals surface area contributed by atoms with E-state index >= 15 is 0 Å². The average Bonchev–Trinajstić information content (AvgIpc) is 2.17. The quantitative estimate of drug-likeness (QED) is 0.451. The second kappa shape index (κ2) is 7.02. The van der Waals surface area contributed by atoms with Crippen molar-refractivity contribution in [2.24, 2.45) is 0 Å². The summed E-state index contributed by atoms with van der Waals surface area (Å²) in [6.07, 6.45) is 4.27. The number of methoxy groups -OCH3 is 1. The highest BCUT2D eigenvalue weighted by molar-refractivity contribution is 5.48. The lowest BCUT2D eigenvalue weighted by molar-refractivity contribution is -0.108. The Morgan fingerprint density at radius 1 is 1.06 bits per heavy atom. The molecule has 0 aliphatic rings. The molecule has 16 heavy (non-hydrogen) atoms. The van der Waals surface area contributed by atoms with Gasteiger partial charge in [-0.2, -0.15) is 0 Å². The van der Waals surface area contributed by atoms with Crippen LogP contribution >= 0.6 is 0 Å². The lowest BCUT2D eigenvalue weighted by Gasteiger charge is -2.28. The number of carbonyl (C=O) groups is 1. The lowest BCUT2D eigenvalue weighted by atomic mass is 10.0. The van der Waals surface area contributed by atoms with Gasteiger partial charge in [0, 0.05) is 13.5 Å². The van der Waals surface area contributed by atoms with Gasteiger partial charge in [0.1, 0.15) is 6.29 Å². The van der Waals surface area contributed by atoms with Crippen LogP contribution in [-0.4, -0.2) is 31.2 Å². The highest BCUT2D eigenvalue weighted by Crippen LogP contribution is 2.20. The fourth-order valence-electron chi connectivity index (χ4n) is 1.36. The summed E-state index contributed by atoms with van der Waals surface area (Å²) in [5.74, 6) is 0. The molecule has 0 heterocycles. The van der Waals surface area contributed by atoms with Crippen LogP contribution in [0.5, 0.6) is 0 Å². The molecule has 0 rings (SSSR count). The zero-order valence-electron chi connectivity index (χ0n) is 11.3. The van der Waals surface area contributed by atoms with Crippen LogP contribution in [0.15, 0.2) is 0 Å². The second-order valence-corrected chi connectivity index (χ2v) is 5.38. The molecule has 0 aromatic carbocycles. The first kappa shape index (κ1) is 15.6. The molecule has 0 atom stereocenters. The van der Waals surface area contributed by atoms with Gasteiger partial charge in [0.15, 0.2) is 0 Å². The lowest BCUT2D eigenvalue weighted by Crippen LogP contribution is -2.30. The SMILES string of the molecule is COC(C)(C)CCOC(C)(C)CCCC=O. The predicted octanol–water partition coefficient (Wildman–Crippen LogP) is 2.97. The Bertz CT molecular complexity index is 197. The van der Waals surface area contributed by atoms with Gasteiger partial charge < -0.3 is 14.3 Å². The standard InChI is InChI=1S/C13H26O3/c1-12(2,15-5)9-11-16-13(3,4)8-6-7-10-14/h10H,6-9,11H2,1-5H3. The van der Waals surface area contributed by atoms with Gasteiger partial charge in [0.25, 0.3) is 0 Å². The van der Waals surface area contributed by atoms with E-state index in [1.807, 2.05) is 0 Å². The van der Waals surface area contributed by atoms with Crippen LogP contribution in [0, 0.1) is 0 Å². The first-order valence-corrected chi connectivity index (χ1v) is 5.96. The number of ether oxygens (including phenoxy) is 2. The van der Waals surface area contributed by atoms with Gasteiger partial charge >= 0.3 is 0 Å². The summed E-state index contributed by atoms with van der Waals surface area (Å²) in [5, 5.41) is 0. The Kier molecular flexibility index (Phi) is 6.84. The Morgan fingerprint density at radius 2 is 1.69 bits per heavy atom. The van der Waals surface area contributed by atoms with E-state index in [0.29, 0.717) is 13.0 Å². The minimum atomic E-state index is -0.146. The molecule has 3 nitrogen and oxygen atoms in total. The first-order valence-electron chi connectivity index (χ1n) is 5.96. The third-order valence-electron chi connectivity index (χ3n) is 2.85. The molecule has 0 aliphatic carbocycles. The fourth-order valence-corrected chi connectivity index (χ4v) is 1.36. The van der Waals surface area contributed by atoms with E-state index in [1.165, 1.54) is 0 Å². The molecule has 0 amide bonds. The Hall–Kier alpha value is -0.410. The minimum absolute atomic E-state index is 0.126. The molecule has 0 bridgehead atoms. The van der Waals surface area contributed by atoms with E-state index in [9.17, 15) is 4.79 Å². The summed E-state index contributed by atoms with van der Waals surface area (Å²) in [6, 6.07) is 0. The van der Waals surface area contributed by atoms with Crippen molar-refractivity contribution in [3.05, 3.63) is 0 Å². The summed E-state index contributed by atoms with van der Waals surface area (Å²) in [7, 11) is 1.72. The van der Waals surface area contributed by atoms with Gasteiger partial charge in [0.2, 0.25) is 0 Å². The van der Waals surface area contributed by atoms with Crippen LogP contribution in [0.25, 0.3) is 0 Å². The summed E-state index contributed by atoms with van der Waals surface area (Å²) >= 11 is 0. The van der Waals surface area contributed by atoms with Crippen LogP contribution in [0.3, 0.4) is 0 Å². The maximum Gasteiger partial charge on any atom is 0.119 e. The molecule has 0 aromatic rings. The number of aldehydes is 1. The van der Waals surface area contributed by atoms with E-state index in [-0.39, 0.29) is 11.2 Å². The number of unbranched alkanes of at least 4 members (excludes halogenated alkanes) is 1. The third kappa shape index (κ3) is 7.83. The van der Waals surface area contributed by atoms with Crippen molar-refractivity contribution in [2.75, 3.05) is 13.7 Å². The van der Waals surface area contributed by atoms with Crippen molar-refractivity contribution in [3.63, 3.8) is 0 Å². The molecule has 0 unspecified atom stereocenters. The molecule has 0 spiro atoms. The maximum absolute atomic E-state index is 10.2. The van der Waals surface area contributed by atoms with Crippen LogP contribution in [-0.2, 0) is 14.3 Å². The van der Waals surface area contributed by atoms with Gasteiger partial charge in [-0.25, -0.2) is 0 Å². The number of hydrogen-bond acceptors (Lipinski definition) is 3. The molecule has 3 heteroatoms. The molecule has 0 aromatic heterocycles. The highest BCUT2D eigenvalue weighted by atomic mass is 16.5. The second-order valence-electron chi connectivity index (χ2n) is 5.38. The van der Waals surface area contributed by atoms with Gasteiger partial charge in [-0.05, 0) is 47.0 Å². The van der Waals surface area contributed by atoms with E-state index in [1.54, 1.807) is 7.11 Å². The smallest absolute Gasteiger partial charge is 0.119 e. The average molecular weight is 230 g/mol. The van der Waals surface area contributed by atoms with Gasteiger partial charge in [-0.15, -0.1) is 0 Å². The summed E-state index contributed by atoms with van der Waals surface area (Å²) < 4.78 is 11.1. The molecular formula is C13H26O3. The zero-order chi connectivity index (χ0) is 12.7. The van der Waals surface area contributed by atoms with Crippen molar-refractivity contribution >= 4 is 6.29 Å². The topological polar surface area (TPSA) is 35.5 Å². The minimum Gasteiger partial charge on any atom is -0.379 e. The van der Waals surface area contributed by atoms with Gasteiger partial charge in [0.05, 0.1) is 17.8 Å². The highest BCUT2D eigenvalue weighted by Gasteiger charge is 2.21. The molecule has 0 radical (unpaired) electrons. The van der Waals surface area contributed by atoms with E-state index in [0.717, 1.165) is 25.5 Å². The predicted molar refractivity (Wildman–Crippen MR) is 65.7 cm³/mol. The molecule has 0 aliphatic heterocycles. The number of rotatable bonds is 9. The van der Waals surface area contributed by atoms with Gasteiger partial charge in [-0.3, -0.25) is 0 Å². The molecule has 0 saturated carbocycles. The molecule has 0 fully saturated rings. The monoisotopic (exact) mass is 230 g/mol. The summed E-state index contributed by atoms with van der Waals surface area (Å²) in [6.45, 7) is 8.93. The number of hydrogen-bond donors (Lipinski definition) is 0. The van der Waals surface area contributed by atoms with Crippen LogP contribution in [0.4, 0.5) is 0 Å². The Balaban J connectivity index is 3.76. The van der Waals surface area contributed by atoms with Crippen LogP contribution < -0.4 is 0 Å². The van der Waals surface area contributed by atoms with Crippen molar-refractivity contribution in [3.8, 4) is 0 Å². The molecular weight excluding hydrogens is 204 g/mol. The normalized spacial score (nSPS) is 12.8. The summed E-state index contributed by atoms with van der Waals surface area (Å²) in [4.78, 5) is 10.2. The number of carbonyl (C=O) groups excluding carboxylic acids is 1. The molecule has 0 saturated heterocycles.